The Balaban J connectivity index is 1.57. The number of carbonyl (C=O) groups excluding carboxylic acids is 1. The van der Waals surface area contributed by atoms with Crippen molar-refractivity contribution in [2.45, 2.75) is 45.3 Å². The Morgan fingerprint density at radius 3 is 2.38 bits per heavy atom. The van der Waals surface area contributed by atoms with Crippen molar-refractivity contribution >= 4 is 40.5 Å². The number of nitrogens with one attached hydrogen (secondary N) is 1. The van der Waals surface area contributed by atoms with E-state index in [2.05, 4.69) is 10.3 Å². The number of carbonyl (C=O) groups is 1. The van der Waals surface area contributed by atoms with E-state index in [0.717, 1.165) is 11.1 Å². The van der Waals surface area contributed by atoms with Crippen molar-refractivity contribution in [1.29, 1.82) is 0 Å². The van der Waals surface area contributed by atoms with Crippen molar-refractivity contribution in [2.24, 2.45) is 0 Å². The third-order valence-corrected chi connectivity index (χ3v) is 7.95. The van der Waals surface area contributed by atoms with Gasteiger partial charge in [-0.15, -0.1) is 0 Å². The van der Waals surface area contributed by atoms with Gasteiger partial charge in [0.15, 0.2) is 11.5 Å². The first-order valence-corrected chi connectivity index (χ1v) is 14.8. The normalized spacial score (nSPS) is 14.5. The Morgan fingerprint density at radius 1 is 1.04 bits per heavy atom. The van der Waals surface area contributed by atoms with Gasteiger partial charge in [0.1, 0.15) is 17.5 Å². The highest BCUT2D eigenvalue weighted by molar-refractivity contribution is 6.39. The largest absolute Gasteiger partial charge is 0.497 e. The summed E-state index contributed by atoms with van der Waals surface area (Å²) in [6, 6.07) is 19.7. The second kappa shape index (κ2) is 13.9. The summed E-state index contributed by atoms with van der Waals surface area (Å²) in [7, 11) is 1.58. The summed E-state index contributed by atoms with van der Waals surface area (Å²) in [5.74, 6) is -0.157. The Hall–Kier alpha value is -4.12. The minimum Gasteiger partial charge on any atom is -0.497 e. The molecular formula is C33H31Cl2F2N3O5. The number of fused-ring (bicyclic) bond motifs is 1. The van der Waals surface area contributed by atoms with Gasteiger partial charge >= 0.3 is 6.61 Å². The number of ether oxygens (including phenoxy) is 4. The number of rotatable bonds is 11. The smallest absolute Gasteiger partial charge is 0.387 e. The highest BCUT2D eigenvalue weighted by Gasteiger charge is 2.41. The quantitative estimate of drug-likeness (QED) is 0.175. The SMILES string of the molecule is COc1ccc(CN2CC(C(C)(C)OCc3ccccc3)Oc3c(OC(F)F)ccc(C(=O)Nc4c(Cl)cncc4Cl)c32)cc1. The number of nitrogens with zero attached hydrogens (tertiary/aromatic N) is 2. The van der Waals surface area contributed by atoms with Gasteiger partial charge in [0, 0.05) is 18.9 Å². The fourth-order valence-electron chi connectivity index (χ4n) is 4.93. The second-order valence-corrected chi connectivity index (χ2v) is 11.6. The topological polar surface area (TPSA) is 82.2 Å². The molecular weight excluding hydrogens is 627 g/mol. The van der Waals surface area contributed by atoms with Crippen LogP contribution in [0.2, 0.25) is 10.0 Å². The fraction of sp³-hybridized carbons (Fsp3) is 0.273. The first-order chi connectivity index (χ1) is 21.6. The number of benzene rings is 3. The molecule has 1 atom stereocenters. The summed E-state index contributed by atoms with van der Waals surface area (Å²) < 4.78 is 50.2. The number of amides is 1. The zero-order valence-electron chi connectivity index (χ0n) is 24.7. The molecule has 1 N–H and O–H groups in total. The maximum Gasteiger partial charge on any atom is 0.387 e. The molecule has 8 nitrogen and oxygen atoms in total. The molecule has 0 saturated carbocycles. The molecule has 1 aliphatic rings. The average Bonchev–Trinajstić information content (AvgIpc) is 3.02. The summed E-state index contributed by atoms with van der Waals surface area (Å²) in [6.45, 7) is 1.44. The maximum atomic E-state index is 13.8. The molecule has 0 radical (unpaired) electrons. The number of aromatic nitrogens is 1. The van der Waals surface area contributed by atoms with Gasteiger partial charge in [-0.25, -0.2) is 0 Å². The molecule has 0 aliphatic carbocycles. The number of hydrogen-bond acceptors (Lipinski definition) is 7. The van der Waals surface area contributed by atoms with Crippen LogP contribution in [0.25, 0.3) is 0 Å². The van der Waals surface area contributed by atoms with Crippen molar-refractivity contribution in [3.63, 3.8) is 0 Å². The first-order valence-electron chi connectivity index (χ1n) is 14.0. The van der Waals surface area contributed by atoms with Crippen LogP contribution in [-0.4, -0.2) is 42.9 Å². The predicted molar refractivity (Wildman–Crippen MR) is 169 cm³/mol. The van der Waals surface area contributed by atoms with Gasteiger partial charge in [-0.3, -0.25) is 9.78 Å². The number of halogens is 4. The lowest BCUT2D eigenvalue weighted by Gasteiger charge is -2.43. The lowest BCUT2D eigenvalue weighted by Crippen LogP contribution is -2.52. The van der Waals surface area contributed by atoms with Gasteiger partial charge in [-0.1, -0.05) is 65.7 Å². The average molecular weight is 659 g/mol. The molecule has 236 valence electrons. The Bertz CT molecular complexity index is 1620. The van der Waals surface area contributed by atoms with Crippen molar-refractivity contribution in [3.05, 3.63) is 106 Å². The van der Waals surface area contributed by atoms with Gasteiger partial charge in [0.2, 0.25) is 0 Å². The zero-order chi connectivity index (χ0) is 32.1. The molecule has 45 heavy (non-hydrogen) atoms. The lowest BCUT2D eigenvalue weighted by atomic mass is 9.96. The molecule has 0 bridgehead atoms. The number of alkyl halides is 2. The van der Waals surface area contributed by atoms with E-state index in [1.54, 1.807) is 7.11 Å². The number of methoxy groups -OCH3 is 1. The fourth-order valence-corrected chi connectivity index (χ4v) is 5.39. The molecule has 1 aromatic heterocycles. The van der Waals surface area contributed by atoms with Crippen LogP contribution in [0.3, 0.4) is 0 Å². The third kappa shape index (κ3) is 7.58. The molecule has 1 amide bonds. The van der Waals surface area contributed by atoms with Crippen molar-refractivity contribution in [2.75, 3.05) is 23.9 Å². The van der Waals surface area contributed by atoms with Crippen LogP contribution in [0, 0.1) is 0 Å². The monoisotopic (exact) mass is 657 g/mol. The van der Waals surface area contributed by atoms with Crippen molar-refractivity contribution < 1.29 is 32.5 Å². The molecule has 12 heteroatoms. The summed E-state index contributed by atoms with van der Waals surface area (Å²) >= 11 is 12.5. The summed E-state index contributed by atoms with van der Waals surface area (Å²) in [4.78, 5) is 19.6. The van der Waals surface area contributed by atoms with Crippen LogP contribution in [0.1, 0.15) is 35.3 Å². The molecule has 4 aromatic rings. The van der Waals surface area contributed by atoms with Gasteiger partial charge in [0.05, 0.1) is 47.2 Å². The van der Waals surface area contributed by atoms with E-state index >= 15 is 0 Å². The highest BCUT2D eigenvalue weighted by atomic mass is 35.5. The molecule has 0 saturated heterocycles. The molecule has 5 rings (SSSR count). The van der Waals surface area contributed by atoms with Crippen LogP contribution >= 0.6 is 23.2 Å². The number of hydrogen-bond donors (Lipinski definition) is 1. The van der Waals surface area contributed by atoms with E-state index in [1.165, 1.54) is 24.5 Å². The Morgan fingerprint density at radius 2 is 1.73 bits per heavy atom. The van der Waals surface area contributed by atoms with Crippen LogP contribution in [0.4, 0.5) is 20.2 Å². The molecule has 1 aliphatic heterocycles. The van der Waals surface area contributed by atoms with E-state index < -0.39 is 24.2 Å². The lowest BCUT2D eigenvalue weighted by molar-refractivity contribution is -0.101. The van der Waals surface area contributed by atoms with Crippen LogP contribution in [-0.2, 0) is 17.9 Å². The Labute approximate surface area is 269 Å². The van der Waals surface area contributed by atoms with E-state index in [1.807, 2.05) is 73.3 Å². The summed E-state index contributed by atoms with van der Waals surface area (Å²) in [6.07, 6.45) is 2.04. The molecule has 0 spiro atoms. The molecule has 2 heterocycles. The standard InChI is InChI=1S/C33H31Cl2F2N3O5/c1-33(2,43-19-21-7-5-4-6-8-21)27-18-40(17-20-9-11-22(42-3)12-10-20)29-23(13-14-26(30(29)45-27)44-32(36)37)31(41)39-28-24(34)15-38-16-25(28)35/h4-16,27,32H,17-19H2,1-3H3,(H,38,39,41). The third-order valence-electron chi connectivity index (χ3n) is 7.37. The number of pyridine rings is 1. The van der Waals surface area contributed by atoms with E-state index in [9.17, 15) is 13.6 Å². The van der Waals surface area contributed by atoms with Gasteiger partial charge in [-0.05, 0) is 49.2 Å². The van der Waals surface area contributed by atoms with Gasteiger partial charge in [-0.2, -0.15) is 8.78 Å². The zero-order valence-corrected chi connectivity index (χ0v) is 26.2. The Kier molecular flexibility index (Phi) is 9.96. The predicted octanol–water partition coefficient (Wildman–Crippen LogP) is 8.01. The number of anilines is 2. The van der Waals surface area contributed by atoms with Crippen LogP contribution in [0.15, 0.2) is 79.1 Å². The highest BCUT2D eigenvalue weighted by Crippen LogP contribution is 2.47. The minimum absolute atomic E-state index is 0.0176. The van der Waals surface area contributed by atoms with E-state index in [-0.39, 0.29) is 45.0 Å². The first kappa shape index (κ1) is 32.3. The minimum atomic E-state index is -3.13. The maximum absolute atomic E-state index is 13.8. The van der Waals surface area contributed by atoms with E-state index in [0.29, 0.717) is 18.9 Å². The van der Waals surface area contributed by atoms with Gasteiger partial charge < -0.3 is 29.2 Å². The summed E-state index contributed by atoms with van der Waals surface area (Å²) in [5.41, 5.74) is 1.49. The second-order valence-electron chi connectivity index (χ2n) is 10.8. The van der Waals surface area contributed by atoms with Crippen LogP contribution < -0.4 is 24.4 Å². The molecule has 1 unspecified atom stereocenters. The molecule has 3 aromatic carbocycles. The van der Waals surface area contributed by atoms with Gasteiger partial charge in [0.25, 0.3) is 5.91 Å². The van der Waals surface area contributed by atoms with Crippen molar-refractivity contribution in [1.82, 2.24) is 4.98 Å². The van der Waals surface area contributed by atoms with Crippen molar-refractivity contribution in [3.8, 4) is 17.2 Å². The van der Waals surface area contributed by atoms with Crippen LogP contribution in [0.5, 0.6) is 17.2 Å². The molecule has 0 fully saturated rings. The van der Waals surface area contributed by atoms with E-state index in [4.69, 9.17) is 42.1 Å². The summed E-state index contributed by atoms with van der Waals surface area (Å²) in [5, 5.41) is 2.99.